The highest BCUT2D eigenvalue weighted by molar-refractivity contribution is 6.10. The summed E-state index contributed by atoms with van der Waals surface area (Å²) in [7, 11) is 0. The summed E-state index contributed by atoms with van der Waals surface area (Å²) < 4.78 is 0. The van der Waals surface area contributed by atoms with Crippen LogP contribution >= 0.6 is 0 Å². The average molecular weight is 357 g/mol. The van der Waals surface area contributed by atoms with Crippen molar-refractivity contribution in [1.29, 1.82) is 0 Å². The van der Waals surface area contributed by atoms with Crippen LogP contribution in [0, 0.1) is 0 Å². The second kappa shape index (κ2) is 6.72. The molecule has 1 atom stereocenters. The Morgan fingerprint density at radius 2 is 1.67 bits per heavy atom. The molecule has 0 radical (unpaired) electrons. The van der Waals surface area contributed by atoms with Crippen molar-refractivity contribution >= 4 is 17.6 Å². The van der Waals surface area contributed by atoms with E-state index in [2.05, 4.69) is 0 Å². The van der Waals surface area contributed by atoms with Crippen molar-refractivity contribution in [1.82, 2.24) is 0 Å². The van der Waals surface area contributed by atoms with Crippen LogP contribution in [-0.4, -0.2) is 17.0 Å². The van der Waals surface area contributed by atoms with Gasteiger partial charge in [-0.15, -0.1) is 0 Å². The van der Waals surface area contributed by atoms with Gasteiger partial charge in [0.15, 0.2) is 0 Å². The second-order valence-corrected chi connectivity index (χ2v) is 6.78. The molecular formula is C23H19NO3. The van der Waals surface area contributed by atoms with Crippen LogP contribution in [0.4, 0.5) is 5.69 Å². The summed E-state index contributed by atoms with van der Waals surface area (Å²) in [4.78, 5) is 25.8. The Labute approximate surface area is 157 Å². The minimum atomic E-state index is -0.860. The van der Waals surface area contributed by atoms with Crippen LogP contribution in [0.25, 0.3) is 11.1 Å². The highest BCUT2D eigenvalue weighted by Crippen LogP contribution is 2.32. The van der Waals surface area contributed by atoms with Crippen molar-refractivity contribution in [2.75, 3.05) is 4.90 Å². The lowest BCUT2D eigenvalue weighted by molar-refractivity contribution is -0.138. The number of rotatable bonds is 4. The van der Waals surface area contributed by atoms with Gasteiger partial charge in [0.1, 0.15) is 0 Å². The maximum Gasteiger partial charge on any atom is 0.310 e. The zero-order chi connectivity index (χ0) is 19.0. The highest BCUT2D eigenvalue weighted by Gasteiger charge is 2.29. The van der Waals surface area contributed by atoms with E-state index in [-0.39, 0.29) is 5.91 Å². The molecule has 27 heavy (non-hydrogen) atoms. The lowest BCUT2D eigenvalue weighted by Gasteiger charge is -2.17. The Morgan fingerprint density at radius 1 is 0.963 bits per heavy atom. The minimum Gasteiger partial charge on any atom is -0.481 e. The summed E-state index contributed by atoms with van der Waals surface area (Å²) in [6.45, 7) is 2.18. The number of anilines is 1. The molecule has 0 spiro atoms. The number of benzene rings is 3. The summed E-state index contributed by atoms with van der Waals surface area (Å²) in [5, 5.41) is 9.13. The van der Waals surface area contributed by atoms with Gasteiger partial charge in [0.05, 0.1) is 12.5 Å². The summed E-state index contributed by atoms with van der Waals surface area (Å²) in [5.41, 5.74) is 5.33. The molecular weight excluding hydrogens is 338 g/mol. The third-order valence-electron chi connectivity index (χ3n) is 5.10. The van der Waals surface area contributed by atoms with Crippen molar-refractivity contribution in [3.8, 4) is 11.1 Å². The molecule has 3 aromatic rings. The first kappa shape index (κ1) is 17.0. The standard InChI is InChI=1S/C23H19NO3/c1-15(23(26)27)16-9-11-20(12-10-16)24-14-19-8-7-18(13-21(19)22(24)25)17-5-3-2-4-6-17/h2-13,15H,14H2,1H3,(H,26,27). The number of fused-ring (bicyclic) bond motifs is 1. The smallest absolute Gasteiger partial charge is 0.310 e. The van der Waals surface area contributed by atoms with Gasteiger partial charge in [0.25, 0.3) is 5.91 Å². The molecule has 1 unspecified atom stereocenters. The molecule has 134 valence electrons. The Hall–Kier alpha value is -3.40. The van der Waals surface area contributed by atoms with Crippen molar-refractivity contribution in [3.05, 3.63) is 89.5 Å². The molecule has 1 N–H and O–H groups in total. The molecule has 1 heterocycles. The maximum absolute atomic E-state index is 12.9. The van der Waals surface area contributed by atoms with Crippen molar-refractivity contribution in [3.63, 3.8) is 0 Å². The summed E-state index contributed by atoms with van der Waals surface area (Å²) in [5.74, 6) is -1.46. The van der Waals surface area contributed by atoms with E-state index in [1.54, 1.807) is 24.0 Å². The fraction of sp³-hybridized carbons (Fsp3) is 0.130. The average Bonchev–Trinajstić information content (AvgIpc) is 3.04. The number of carboxylic acid groups (broad SMARTS) is 1. The van der Waals surface area contributed by atoms with Crippen LogP contribution in [0.2, 0.25) is 0 Å². The van der Waals surface area contributed by atoms with Gasteiger partial charge in [0, 0.05) is 11.3 Å². The molecule has 0 aromatic heterocycles. The number of hydrogen-bond donors (Lipinski definition) is 1. The number of carbonyl (C=O) groups is 2. The lowest BCUT2D eigenvalue weighted by Crippen LogP contribution is -2.23. The number of hydrogen-bond acceptors (Lipinski definition) is 2. The monoisotopic (exact) mass is 357 g/mol. The zero-order valence-corrected chi connectivity index (χ0v) is 14.9. The molecule has 3 aromatic carbocycles. The van der Waals surface area contributed by atoms with Crippen LogP contribution in [-0.2, 0) is 11.3 Å². The van der Waals surface area contributed by atoms with Gasteiger partial charge in [-0.3, -0.25) is 9.59 Å². The zero-order valence-electron chi connectivity index (χ0n) is 14.9. The third-order valence-corrected chi connectivity index (χ3v) is 5.10. The molecule has 0 saturated heterocycles. The molecule has 1 amide bonds. The predicted octanol–water partition coefficient (Wildman–Crippen LogP) is 4.70. The largest absolute Gasteiger partial charge is 0.481 e. The first-order valence-electron chi connectivity index (χ1n) is 8.87. The number of amides is 1. The molecule has 0 aliphatic carbocycles. The van der Waals surface area contributed by atoms with Crippen molar-refractivity contribution in [2.24, 2.45) is 0 Å². The summed E-state index contributed by atoms with van der Waals surface area (Å²) in [6.07, 6.45) is 0. The van der Waals surface area contributed by atoms with Crippen LogP contribution in [0.15, 0.2) is 72.8 Å². The molecule has 0 saturated carbocycles. The van der Waals surface area contributed by atoms with Crippen molar-refractivity contribution in [2.45, 2.75) is 19.4 Å². The number of nitrogens with zero attached hydrogens (tertiary/aromatic N) is 1. The minimum absolute atomic E-state index is 0.0261. The molecule has 1 aliphatic heterocycles. The van der Waals surface area contributed by atoms with Gasteiger partial charge in [-0.25, -0.2) is 0 Å². The molecule has 4 rings (SSSR count). The Kier molecular flexibility index (Phi) is 4.24. The van der Waals surface area contributed by atoms with Crippen LogP contribution in [0.3, 0.4) is 0 Å². The SMILES string of the molecule is CC(C(=O)O)c1ccc(N2Cc3ccc(-c4ccccc4)cc3C2=O)cc1. The van der Waals surface area contributed by atoms with E-state index in [4.69, 9.17) is 5.11 Å². The molecule has 0 fully saturated rings. The first-order valence-corrected chi connectivity index (χ1v) is 8.87. The quantitative estimate of drug-likeness (QED) is 0.736. The molecule has 4 nitrogen and oxygen atoms in total. The van der Waals surface area contributed by atoms with E-state index >= 15 is 0 Å². The third kappa shape index (κ3) is 3.10. The first-order chi connectivity index (χ1) is 13.0. The second-order valence-electron chi connectivity index (χ2n) is 6.78. The Bertz CT molecular complexity index is 1010. The fourth-order valence-electron chi connectivity index (χ4n) is 3.41. The molecule has 4 heteroatoms. The summed E-state index contributed by atoms with van der Waals surface area (Å²) >= 11 is 0. The van der Waals surface area contributed by atoms with E-state index in [0.717, 1.165) is 33.5 Å². The molecule has 1 aliphatic rings. The lowest BCUT2D eigenvalue weighted by atomic mass is 10.0. The molecule has 0 bridgehead atoms. The van der Waals surface area contributed by atoms with Crippen LogP contribution in [0.5, 0.6) is 0 Å². The Morgan fingerprint density at radius 3 is 2.33 bits per heavy atom. The highest BCUT2D eigenvalue weighted by atomic mass is 16.4. The van der Waals surface area contributed by atoms with E-state index in [1.165, 1.54) is 0 Å². The number of aliphatic carboxylic acids is 1. The van der Waals surface area contributed by atoms with Gasteiger partial charge in [-0.1, -0.05) is 54.6 Å². The van der Waals surface area contributed by atoms with E-state index in [1.807, 2.05) is 60.7 Å². The fourth-order valence-corrected chi connectivity index (χ4v) is 3.41. The predicted molar refractivity (Wildman–Crippen MR) is 105 cm³/mol. The van der Waals surface area contributed by atoms with Gasteiger partial charge in [-0.2, -0.15) is 0 Å². The van der Waals surface area contributed by atoms with Gasteiger partial charge >= 0.3 is 5.97 Å². The number of carboxylic acids is 1. The van der Waals surface area contributed by atoms with E-state index in [0.29, 0.717) is 6.54 Å². The topological polar surface area (TPSA) is 57.6 Å². The van der Waals surface area contributed by atoms with Crippen molar-refractivity contribution < 1.29 is 14.7 Å². The maximum atomic E-state index is 12.9. The van der Waals surface area contributed by atoms with Gasteiger partial charge < -0.3 is 10.0 Å². The Balaban J connectivity index is 1.61. The van der Waals surface area contributed by atoms with Gasteiger partial charge in [-0.05, 0) is 47.4 Å². The number of carbonyl (C=O) groups excluding carboxylic acids is 1. The van der Waals surface area contributed by atoms with Crippen LogP contribution in [0.1, 0.15) is 34.3 Å². The normalized spacial score (nSPS) is 14.1. The summed E-state index contributed by atoms with van der Waals surface area (Å²) in [6, 6.07) is 23.2. The van der Waals surface area contributed by atoms with E-state index in [9.17, 15) is 9.59 Å². The van der Waals surface area contributed by atoms with E-state index < -0.39 is 11.9 Å². The van der Waals surface area contributed by atoms with Gasteiger partial charge in [0.2, 0.25) is 0 Å². The van der Waals surface area contributed by atoms with Crippen LogP contribution < -0.4 is 4.90 Å².